The Morgan fingerprint density at radius 2 is 2.00 bits per heavy atom. The number of hydrogen-bond donors (Lipinski definition) is 1. The molecule has 1 aliphatic rings. The fraction of sp³-hybridized carbons (Fsp3) is 0.900. The SMILES string of the molecule is CN(CC(=O)O)CC1CCC(F)(F)CC1. The van der Waals surface area contributed by atoms with Gasteiger partial charge in [-0.25, -0.2) is 8.78 Å². The fourth-order valence-electron chi connectivity index (χ4n) is 2.02. The minimum atomic E-state index is -2.50. The molecule has 0 amide bonds. The Bertz CT molecular complexity index is 223. The average molecular weight is 221 g/mol. The number of halogens is 2. The molecular formula is C10H17F2NO2. The van der Waals surface area contributed by atoms with Crippen molar-refractivity contribution in [3.05, 3.63) is 0 Å². The Balaban J connectivity index is 2.26. The second kappa shape index (κ2) is 4.88. The zero-order chi connectivity index (χ0) is 11.5. The summed E-state index contributed by atoms with van der Waals surface area (Å²) in [6.45, 7) is 0.579. The first-order valence-corrected chi connectivity index (χ1v) is 5.17. The molecule has 1 fully saturated rings. The van der Waals surface area contributed by atoms with E-state index in [4.69, 9.17) is 5.11 Å². The van der Waals surface area contributed by atoms with Crippen molar-refractivity contribution in [1.29, 1.82) is 0 Å². The molecule has 0 saturated heterocycles. The molecule has 88 valence electrons. The Morgan fingerprint density at radius 1 is 1.47 bits per heavy atom. The summed E-state index contributed by atoms with van der Waals surface area (Å²) in [6, 6.07) is 0. The van der Waals surface area contributed by atoms with Crippen LogP contribution in [0.15, 0.2) is 0 Å². The van der Waals surface area contributed by atoms with Gasteiger partial charge in [0.25, 0.3) is 0 Å². The number of carboxylic acid groups (broad SMARTS) is 1. The molecule has 0 aromatic carbocycles. The molecule has 1 saturated carbocycles. The number of carboxylic acids is 1. The summed E-state index contributed by atoms with van der Waals surface area (Å²) >= 11 is 0. The van der Waals surface area contributed by atoms with Crippen molar-refractivity contribution < 1.29 is 18.7 Å². The van der Waals surface area contributed by atoms with Gasteiger partial charge in [0, 0.05) is 19.4 Å². The molecule has 0 unspecified atom stereocenters. The number of aliphatic carboxylic acids is 1. The lowest BCUT2D eigenvalue weighted by atomic mass is 9.86. The molecule has 1 rings (SSSR count). The van der Waals surface area contributed by atoms with Crippen molar-refractivity contribution in [2.75, 3.05) is 20.1 Å². The van der Waals surface area contributed by atoms with Crippen LogP contribution >= 0.6 is 0 Å². The summed E-state index contributed by atoms with van der Waals surface area (Å²) < 4.78 is 25.6. The molecule has 1 N–H and O–H groups in total. The predicted molar refractivity (Wildman–Crippen MR) is 52.0 cm³/mol. The third-order valence-corrected chi connectivity index (χ3v) is 2.81. The van der Waals surface area contributed by atoms with E-state index in [1.54, 1.807) is 11.9 Å². The van der Waals surface area contributed by atoms with E-state index >= 15 is 0 Å². The Kier molecular flexibility index (Phi) is 4.02. The third kappa shape index (κ3) is 4.55. The molecule has 0 spiro atoms. The van der Waals surface area contributed by atoms with E-state index in [0.717, 1.165) is 0 Å². The Hall–Kier alpha value is -0.710. The summed E-state index contributed by atoms with van der Waals surface area (Å²) in [5.41, 5.74) is 0. The van der Waals surface area contributed by atoms with Crippen LogP contribution in [0.3, 0.4) is 0 Å². The molecule has 0 atom stereocenters. The Morgan fingerprint density at radius 3 is 2.47 bits per heavy atom. The summed E-state index contributed by atoms with van der Waals surface area (Å²) in [6.07, 6.45) is 0.880. The fourth-order valence-corrected chi connectivity index (χ4v) is 2.02. The number of likely N-dealkylation sites (N-methyl/N-ethyl adjacent to an activating group) is 1. The van der Waals surface area contributed by atoms with Crippen molar-refractivity contribution in [1.82, 2.24) is 4.90 Å². The maximum absolute atomic E-state index is 12.8. The van der Waals surface area contributed by atoms with Crippen molar-refractivity contribution in [3.63, 3.8) is 0 Å². The van der Waals surface area contributed by atoms with Gasteiger partial charge < -0.3 is 5.11 Å². The molecule has 3 nitrogen and oxygen atoms in total. The zero-order valence-electron chi connectivity index (χ0n) is 8.88. The van der Waals surface area contributed by atoms with E-state index in [-0.39, 0.29) is 25.3 Å². The standard InChI is InChI=1S/C10H17F2NO2/c1-13(7-9(14)15)6-8-2-4-10(11,12)5-3-8/h8H,2-7H2,1H3,(H,14,15). The first-order valence-electron chi connectivity index (χ1n) is 5.17. The first-order chi connectivity index (χ1) is 6.89. The Labute approximate surface area is 88.1 Å². The maximum Gasteiger partial charge on any atom is 0.317 e. The van der Waals surface area contributed by atoms with Gasteiger partial charge in [0.2, 0.25) is 5.92 Å². The third-order valence-electron chi connectivity index (χ3n) is 2.81. The summed E-state index contributed by atoms with van der Waals surface area (Å²) in [5.74, 6) is -3.16. The van der Waals surface area contributed by atoms with Gasteiger partial charge in [0.1, 0.15) is 0 Å². The van der Waals surface area contributed by atoms with E-state index in [0.29, 0.717) is 19.4 Å². The van der Waals surface area contributed by atoms with Gasteiger partial charge in [-0.2, -0.15) is 0 Å². The topological polar surface area (TPSA) is 40.5 Å². The molecule has 0 aliphatic heterocycles. The minimum Gasteiger partial charge on any atom is -0.480 e. The number of carbonyl (C=O) groups is 1. The van der Waals surface area contributed by atoms with Crippen LogP contribution in [0.5, 0.6) is 0 Å². The van der Waals surface area contributed by atoms with Crippen LogP contribution in [0.2, 0.25) is 0 Å². The maximum atomic E-state index is 12.8. The van der Waals surface area contributed by atoms with Crippen LogP contribution in [0.25, 0.3) is 0 Å². The smallest absolute Gasteiger partial charge is 0.317 e. The largest absolute Gasteiger partial charge is 0.480 e. The normalized spacial score (nSPS) is 21.9. The predicted octanol–water partition coefficient (Wildman–Crippen LogP) is 1.83. The first kappa shape index (κ1) is 12.4. The van der Waals surface area contributed by atoms with E-state index in [9.17, 15) is 13.6 Å². The monoisotopic (exact) mass is 221 g/mol. The molecule has 0 heterocycles. The lowest BCUT2D eigenvalue weighted by Gasteiger charge is -2.30. The van der Waals surface area contributed by atoms with Crippen LogP contribution in [0.1, 0.15) is 25.7 Å². The summed E-state index contributed by atoms with van der Waals surface area (Å²) in [4.78, 5) is 12.1. The molecule has 0 bridgehead atoms. The van der Waals surface area contributed by atoms with Crippen molar-refractivity contribution >= 4 is 5.97 Å². The lowest BCUT2D eigenvalue weighted by Crippen LogP contribution is -2.34. The van der Waals surface area contributed by atoms with Gasteiger partial charge in [-0.05, 0) is 25.8 Å². The van der Waals surface area contributed by atoms with Gasteiger partial charge in [0.05, 0.1) is 6.54 Å². The van der Waals surface area contributed by atoms with Crippen LogP contribution in [-0.2, 0) is 4.79 Å². The molecule has 15 heavy (non-hydrogen) atoms. The summed E-state index contributed by atoms with van der Waals surface area (Å²) in [5, 5.41) is 8.53. The quantitative estimate of drug-likeness (QED) is 0.787. The zero-order valence-corrected chi connectivity index (χ0v) is 8.88. The van der Waals surface area contributed by atoms with Gasteiger partial charge >= 0.3 is 5.97 Å². The number of hydrogen-bond acceptors (Lipinski definition) is 2. The highest BCUT2D eigenvalue weighted by molar-refractivity contribution is 5.68. The second-order valence-corrected chi connectivity index (χ2v) is 4.39. The van der Waals surface area contributed by atoms with Crippen molar-refractivity contribution in [2.24, 2.45) is 5.92 Å². The van der Waals surface area contributed by atoms with Gasteiger partial charge in [-0.3, -0.25) is 9.69 Å². The van der Waals surface area contributed by atoms with E-state index in [2.05, 4.69) is 0 Å². The van der Waals surface area contributed by atoms with Crippen LogP contribution in [-0.4, -0.2) is 42.0 Å². The molecule has 1 aliphatic carbocycles. The van der Waals surface area contributed by atoms with Crippen LogP contribution in [0, 0.1) is 5.92 Å². The number of alkyl halides is 2. The van der Waals surface area contributed by atoms with Gasteiger partial charge in [-0.15, -0.1) is 0 Å². The van der Waals surface area contributed by atoms with Gasteiger partial charge in [0.15, 0.2) is 0 Å². The van der Waals surface area contributed by atoms with Gasteiger partial charge in [-0.1, -0.05) is 0 Å². The minimum absolute atomic E-state index is 0.0209. The van der Waals surface area contributed by atoms with Crippen molar-refractivity contribution in [3.8, 4) is 0 Å². The van der Waals surface area contributed by atoms with Crippen molar-refractivity contribution in [2.45, 2.75) is 31.6 Å². The average Bonchev–Trinajstić information content (AvgIpc) is 2.07. The van der Waals surface area contributed by atoms with E-state index in [1.807, 2.05) is 0 Å². The van der Waals surface area contributed by atoms with Crippen LogP contribution in [0.4, 0.5) is 8.78 Å². The lowest BCUT2D eigenvalue weighted by molar-refractivity contribution is -0.138. The highest BCUT2D eigenvalue weighted by Gasteiger charge is 2.35. The number of nitrogens with zero attached hydrogens (tertiary/aromatic N) is 1. The molecule has 5 heteroatoms. The highest BCUT2D eigenvalue weighted by Crippen LogP contribution is 2.36. The number of rotatable bonds is 4. The summed E-state index contributed by atoms with van der Waals surface area (Å²) in [7, 11) is 1.71. The molecule has 0 aromatic rings. The second-order valence-electron chi connectivity index (χ2n) is 4.39. The van der Waals surface area contributed by atoms with E-state index in [1.165, 1.54) is 0 Å². The van der Waals surface area contributed by atoms with E-state index < -0.39 is 11.9 Å². The molecule has 0 radical (unpaired) electrons. The molecule has 0 aromatic heterocycles. The van der Waals surface area contributed by atoms with Crippen LogP contribution < -0.4 is 0 Å². The molecular weight excluding hydrogens is 204 g/mol. The highest BCUT2D eigenvalue weighted by atomic mass is 19.3.